The third kappa shape index (κ3) is 2.25. The van der Waals surface area contributed by atoms with Gasteiger partial charge in [0.05, 0.1) is 4.92 Å². The van der Waals surface area contributed by atoms with Gasteiger partial charge in [0, 0.05) is 11.6 Å². The summed E-state index contributed by atoms with van der Waals surface area (Å²) in [5.74, 6) is -4.30. The number of nitrogens with two attached hydrogens (primary N) is 1. The molecule has 1 aromatic carbocycles. The van der Waals surface area contributed by atoms with Crippen molar-refractivity contribution in [1.29, 1.82) is 0 Å². The van der Waals surface area contributed by atoms with Crippen LogP contribution in [-0.2, 0) is 0 Å². The molecule has 20 heavy (non-hydrogen) atoms. The van der Waals surface area contributed by atoms with Gasteiger partial charge in [0.25, 0.3) is 0 Å². The predicted molar refractivity (Wildman–Crippen MR) is 63.1 cm³/mol. The molecule has 0 aliphatic rings. The van der Waals surface area contributed by atoms with E-state index < -0.39 is 39.3 Å². The molecule has 2 N–H and O–H groups in total. The second kappa shape index (κ2) is 4.76. The fraction of sp³-hybridized carbons (Fsp3) is 0.0909. The summed E-state index contributed by atoms with van der Waals surface area (Å²) < 4.78 is 39.8. The molecule has 104 valence electrons. The van der Waals surface area contributed by atoms with Crippen molar-refractivity contribution in [2.75, 3.05) is 5.73 Å². The lowest BCUT2D eigenvalue weighted by Gasteiger charge is -2.07. The van der Waals surface area contributed by atoms with Crippen molar-refractivity contribution in [3.05, 3.63) is 45.4 Å². The van der Waals surface area contributed by atoms with Crippen molar-refractivity contribution in [3.8, 4) is 11.3 Å². The summed E-state index contributed by atoms with van der Waals surface area (Å²) in [6, 6.07) is 0.765. The van der Waals surface area contributed by atoms with Crippen molar-refractivity contribution in [3.63, 3.8) is 0 Å². The number of aromatic nitrogens is 2. The molecule has 0 saturated carbocycles. The van der Waals surface area contributed by atoms with Crippen LogP contribution in [0, 0.1) is 34.5 Å². The topological polar surface area (TPSA) is 94.9 Å². The first kappa shape index (κ1) is 13.7. The number of nitro groups is 1. The minimum Gasteiger partial charge on any atom is -0.368 e. The van der Waals surface area contributed by atoms with Gasteiger partial charge in [-0.15, -0.1) is 0 Å². The van der Waals surface area contributed by atoms with Crippen LogP contribution in [0.4, 0.5) is 24.8 Å². The molecular formula is C11H7F3N4O2. The van der Waals surface area contributed by atoms with Crippen LogP contribution < -0.4 is 5.73 Å². The molecule has 0 fully saturated rings. The summed E-state index contributed by atoms with van der Waals surface area (Å²) in [6.45, 7) is 1.28. The average Bonchev–Trinajstić information content (AvgIpc) is 2.32. The molecule has 0 aliphatic heterocycles. The predicted octanol–water partition coefficient (Wildman–Crippen LogP) is 2.36. The average molecular weight is 284 g/mol. The number of hydrogen-bond acceptors (Lipinski definition) is 5. The van der Waals surface area contributed by atoms with Gasteiger partial charge in [0.2, 0.25) is 5.95 Å². The van der Waals surface area contributed by atoms with Crippen LogP contribution in [0.15, 0.2) is 12.1 Å². The zero-order valence-corrected chi connectivity index (χ0v) is 10.0. The number of aryl methyl sites for hydroxylation is 1. The first-order valence-corrected chi connectivity index (χ1v) is 5.24. The van der Waals surface area contributed by atoms with Gasteiger partial charge < -0.3 is 5.73 Å². The molecule has 0 amide bonds. The Morgan fingerprint density at radius 2 is 1.75 bits per heavy atom. The third-order valence-electron chi connectivity index (χ3n) is 2.52. The molecule has 0 saturated heterocycles. The summed E-state index contributed by atoms with van der Waals surface area (Å²) in [6.07, 6.45) is 0. The second-order valence-corrected chi connectivity index (χ2v) is 3.87. The van der Waals surface area contributed by atoms with Crippen LogP contribution in [0.25, 0.3) is 11.3 Å². The maximum Gasteiger partial charge on any atom is 0.316 e. The van der Waals surface area contributed by atoms with Crippen LogP contribution in [0.3, 0.4) is 0 Å². The molecule has 0 aliphatic carbocycles. The number of anilines is 1. The lowest BCUT2D eigenvalue weighted by Crippen LogP contribution is -2.06. The number of hydrogen-bond donors (Lipinski definition) is 1. The minimum atomic E-state index is -1.41. The molecule has 0 radical (unpaired) electrons. The standard InChI is InChI=1S/C11H7F3N4O2/c1-4-10(18(19)20)9(17-11(15)16-4)5-2-7(13)8(14)3-6(5)12/h2-3H,1H3,(H2,15,16,17). The van der Waals surface area contributed by atoms with Gasteiger partial charge in [0.1, 0.15) is 11.5 Å². The molecule has 2 aromatic rings. The first-order valence-electron chi connectivity index (χ1n) is 5.24. The third-order valence-corrected chi connectivity index (χ3v) is 2.52. The largest absolute Gasteiger partial charge is 0.368 e. The van der Waals surface area contributed by atoms with E-state index in [1.807, 2.05) is 0 Å². The van der Waals surface area contributed by atoms with Crippen molar-refractivity contribution in [2.45, 2.75) is 6.92 Å². The van der Waals surface area contributed by atoms with Gasteiger partial charge in [0.15, 0.2) is 17.3 Å². The lowest BCUT2D eigenvalue weighted by molar-refractivity contribution is -0.385. The number of rotatable bonds is 2. The Hall–Kier alpha value is -2.71. The minimum absolute atomic E-state index is 0.110. The van der Waals surface area contributed by atoms with E-state index in [1.54, 1.807) is 0 Å². The zero-order chi connectivity index (χ0) is 15.0. The first-order chi connectivity index (χ1) is 9.31. The molecule has 6 nitrogen and oxygen atoms in total. The van der Waals surface area contributed by atoms with E-state index in [-0.39, 0.29) is 17.7 Å². The Kier molecular flexibility index (Phi) is 3.26. The van der Waals surface area contributed by atoms with E-state index in [4.69, 9.17) is 5.73 Å². The van der Waals surface area contributed by atoms with E-state index >= 15 is 0 Å². The van der Waals surface area contributed by atoms with Gasteiger partial charge in [-0.1, -0.05) is 0 Å². The molecule has 0 bridgehead atoms. The molecule has 1 heterocycles. The molecule has 9 heteroatoms. The summed E-state index contributed by atoms with van der Waals surface area (Å²) in [5.41, 5.74) is 3.55. The van der Waals surface area contributed by atoms with Crippen molar-refractivity contribution < 1.29 is 18.1 Å². The van der Waals surface area contributed by atoms with Crippen molar-refractivity contribution in [1.82, 2.24) is 9.97 Å². The van der Waals surface area contributed by atoms with Crippen LogP contribution >= 0.6 is 0 Å². The van der Waals surface area contributed by atoms with E-state index in [9.17, 15) is 23.3 Å². The lowest BCUT2D eigenvalue weighted by atomic mass is 10.1. The highest BCUT2D eigenvalue weighted by Gasteiger charge is 2.26. The maximum atomic E-state index is 13.7. The van der Waals surface area contributed by atoms with Crippen molar-refractivity contribution >= 4 is 11.6 Å². The van der Waals surface area contributed by atoms with E-state index in [0.717, 1.165) is 0 Å². The van der Waals surface area contributed by atoms with E-state index in [1.165, 1.54) is 6.92 Å². The highest BCUT2D eigenvalue weighted by Crippen LogP contribution is 2.33. The summed E-state index contributed by atoms with van der Waals surface area (Å²) in [5, 5.41) is 11.0. The molecule has 0 unspecified atom stereocenters. The SMILES string of the molecule is Cc1nc(N)nc(-c2cc(F)c(F)cc2F)c1[N+](=O)[O-]. The Labute approximate surface area is 110 Å². The highest BCUT2D eigenvalue weighted by atomic mass is 19.2. The van der Waals surface area contributed by atoms with E-state index in [0.29, 0.717) is 6.07 Å². The van der Waals surface area contributed by atoms with Gasteiger partial charge in [-0.25, -0.2) is 23.1 Å². The quantitative estimate of drug-likeness (QED) is 0.519. The van der Waals surface area contributed by atoms with Gasteiger partial charge >= 0.3 is 5.69 Å². The summed E-state index contributed by atoms with van der Waals surface area (Å²) in [4.78, 5) is 17.3. The second-order valence-electron chi connectivity index (χ2n) is 3.87. The fourth-order valence-electron chi connectivity index (χ4n) is 1.70. The Morgan fingerprint density at radius 3 is 2.35 bits per heavy atom. The number of nitrogens with zero attached hydrogens (tertiary/aromatic N) is 3. The molecule has 1 aromatic heterocycles. The summed E-state index contributed by atoms with van der Waals surface area (Å²) >= 11 is 0. The number of halogens is 3. The molecule has 0 atom stereocenters. The van der Waals surface area contributed by atoms with Crippen LogP contribution in [0.5, 0.6) is 0 Å². The number of nitrogen functional groups attached to an aromatic ring is 1. The highest BCUT2D eigenvalue weighted by molar-refractivity contribution is 5.72. The molecule has 2 rings (SSSR count). The van der Waals surface area contributed by atoms with Crippen LogP contribution in [0.2, 0.25) is 0 Å². The van der Waals surface area contributed by atoms with Crippen molar-refractivity contribution in [2.24, 2.45) is 0 Å². The monoisotopic (exact) mass is 284 g/mol. The maximum absolute atomic E-state index is 13.7. The van der Waals surface area contributed by atoms with Gasteiger partial charge in [-0.05, 0) is 13.0 Å². The Bertz CT molecular complexity index is 721. The smallest absolute Gasteiger partial charge is 0.316 e. The normalized spacial score (nSPS) is 10.6. The summed E-state index contributed by atoms with van der Waals surface area (Å²) in [7, 11) is 0. The zero-order valence-electron chi connectivity index (χ0n) is 10.0. The van der Waals surface area contributed by atoms with Gasteiger partial charge in [-0.2, -0.15) is 0 Å². The Balaban J connectivity index is 2.82. The number of benzene rings is 1. The molecule has 0 spiro atoms. The fourth-order valence-corrected chi connectivity index (χ4v) is 1.70. The van der Waals surface area contributed by atoms with Crippen LogP contribution in [0.1, 0.15) is 5.69 Å². The Morgan fingerprint density at radius 1 is 1.15 bits per heavy atom. The van der Waals surface area contributed by atoms with Crippen LogP contribution in [-0.4, -0.2) is 14.9 Å². The van der Waals surface area contributed by atoms with E-state index in [2.05, 4.69) is 9.97 Å². The molecular weight excluding hydrogens is 277 g/mol. The van der Waals surface area contributed by atoms with Gasteiger partial charge in [-0.3, -0.25) is 10.1 Å².